The lowest BCUT2D eigenvalue weighted by Crippen LogP contribution is -2.18. The molecule has 1 aromatic carbocycles. The smallest absolute Gasteiger partial charge is 0.0700 e. The van der Waals surface area contributed by atoms with Gasteiger partial charge in [-0.2, -0.15) is 5.10 Å². The van der Waals surface area contributed by atoms with Crippen molar-refractivity contribution in [3.05, 3.63) is 41.6 Å². The van der Waals surface area contributed by atoms with E-state index in [9.17, 15) is 0 Å². The van der Waals surface area contributed by atoms with Crippen molar-refractivity contribution >= 4 is 0 Å². The summed E-state index contributed by atoms with van der Waals surface area (Å²) >= 11 is 0. The first-order valence-corrected chi connectivity index (χ1v) is 5.59. The molecule has 16 heavy (non-hydrogen) atoms. The topological polar surface area (TPSA) is 54.7 Å². The molecule has 1 saturated carbocycles. The second-order valence-electron chi connectivity index (χ2n) is 4.68. The van der Waals surface area contributed by atoms with Gasteiger partial charge in [0.15, 0.2) is 0 Å². The Kier molecular flexibility index (Phi) is 1.91. The molecule has 1 fully saturated rings. The van der Waals surface area contributed by atoms with Crippen LogP contribution in [0.1, 0.15) is 24.0 Å². The Morgan fingerprint density at radius 2 is 2.19 bits per heavy atom. The summed E-state index contributed by atoms with van der Waals surface area (Å²) in [4.78, 5) is 0. The first-order chi connectivity index (χ1) is 7.69. The maximum atomic E-state index is 6.23. The van der Waals surface area contributed by atoms with Crippen LogP contribution in [-0.2, 0) is 5.54 Å². The highest BCUT2D eigenvalue weighted by atomic mass is 15.1. The average Bonchev–Trinajstić information content (AvgIpc) is 2.83. The highest BCUT2D eigenvalue weighted by molar-refractivity contribution is 5.65. The van der Waals surface area contributed by atoms with Gasteiger partial charge < -0.3 is 5.73 Å². The third kappa shape index (κ3) is 1.44. The highest BCUT2D eigenvalue weighted by Gasteiger charge is 2.42. The van der Waals surface area contributed by atoms with E-state index in [4.69, 9.17) is 5.73 Å². The largest absolute Gasteiger partial charge is 0.321 e. The predicted molar refractivity (Wildman–Crippen MR) is 63.9 cm³/mol. The molecule has 0 spiro atoms. The Balaban J connectivity index is 2.10. The maximum absolute atomic E-state index is 6.23. The number of aromatic nitrogens is 2. The first-order valence-electron chi connectivity index (χ1n) is 5.59. The summed E-state index contributed by atoms with van der Waals surface area (Å²) in [6.45, 7) is 2.09. The summed E-state index contributed by atoms with van der Waals surface area (Å²) in [6, 6.07) is 8.40. The van der Waals surface area contributed by atoms with Crippen LogP contribution in [0.4, 0.5) is 0 Å². The van der Waals surface area contributed by atoms with Crippen LogP contribution in [0.2, 0.25) is 0 Å². The van der Waals surface area contributed by atoms with Gasteiger partial charge >= 0.3 is 0 Å². The molecule has 2 aromatic rings. The molecule has 0 atom stereocenters. The zero-order valence-corrected chi connectivity index (χ0v) is 9.33. The minimum atomic E-state index is -0.133. The van der Waals surface area contributed by atoms with Gasteiger partial charge in [-0.3, -0.25) is 5.10 Å². The Hall–Kier alpha value is -1.61. The monoisotopic (exact) mass is 213 g/mol. The van der Waals surface area contributed by atoms with Gasteiger partial charge in [-0.15, -0.1) is 0 Å². The Morgan fingerprint density at radius 1 is 1.38 bits per heavy atom. The third-order valence-corrected chi connectivity index (χ3v) is 3.27. The highest BCUT2D eigenvalue weighted by Crippen LogP contribution is 2.45. The Morgan fingerprint density at radius 3 is 2.88 bits per heavy atom. The van der Waals surface area contributed by atoms with Gasteiger partial charge in [0, 0.05) is 16.7 Å². The van der Waals surface area contributed by atoms with Gasteiger partial charge in [-0.05, 0) is 25.8 Å². The van der Waals surface area contributed by atoms with Crippen LogP contribution in [0.25, 0.3) is 11.3 Å². The standard InChI is InChI=1S/C13H15N3/c1-9-3-2-4-10(7-9)12-11(8-15-16-12)13(14)5-6-13/h2-4,7-8H,5-6,14H2,1H3,(H,15,16). The van der Waals surface area contributed by atoms with Gasteiger partial charge in [0.25, 0.3) is 0 Å². The van der Waals surface area contributed by atoms with E-state index in [-0.39, 0.29) is 5.54 Å². The third-order valence-electron chi connectivity index (χ3n) is 3.27. The van der Waals surface area contributed by atoms with E-state index < -0.39 is 0 Å². The zero-order chi connectivity index (χ0) is 11.2. The minimum absolute atomic E-state index is 0.133. The number of nitrogens with one attached hydrogen (secondary N) is 1. The van der Waals surface area contributed by atoms with Crippen LogP contribution in [0, 0.1) is 6.92 Å². The molecule has 0 aliphatic heterocycles. The molecule has 1 heterocycles. The molecule has 0 bridgehead atoms. The summed E-state index contributed by atoms with van der Waals surface area (Å²) in [6.07, 6.45) is 3.99. The molecule has 3 nitrogen and oxygen atoms in total. The number of H-pyrrole nitrogens is 1. The molecule has 1 aliphatic rings. The SMILES string of the molecule is Cc1cccc(-c2[nH]ncc2C2(N)CC2)c1. The predicted octanol–water partition coefficient (Wildman–Crippen LogP) is 2.33. The van der Waals surface area contributed by atoms with E-state index in [0.29, 0.717) is 0 Å². The second kappa shape index (κ2) is 3.19. The molecule has 3 N–H and O–H groups in total. The lowest BCUT2D eigenvalue weighted by atomic mass is 10.0. The van der Waals surface area contributed by atoms with Crippen molar-refractivity contribution < 1.29 is 0 Å². The van der Waals surface area contributed by atoms with E-state index in [2.05, 4.69) is 41.4 Å². The Labute approximate surface area is 94.7 Å². The van der Waals surface area contributed by atoms with Crippen LogP contribution >= 0.6 is 0 Å². The van der Waals surface area contributed by atoms with Crippen LogP contribution < -0.4 is 5.73 Å². The van der Waals surface area contributed by atoms with Gasteiger partial charge in [-0.1, -0.05) is 23.8 Å². The Bertz CT molecular complexity index is 523. The summed E-state index contributed by atoms with van der Waals surface area (Å²) in [5.41, 5.74) is 10.7. The van der Waals surface area contributed by atoms with Crippen LogP contribution in [0.15, 0.2) is 30.5 Å². The average molecular weight is 213 g/mol. The van der Waals surface area contributed by atoms with Crippen molar-refractivity contribution in [3.8, 4) is 11.3 Å². The summed E-state index contributed by atoms with van der Waals surface area (Å²) in [7, 11) is 0. The molecule has 0 unspecified atom stereocenters. The fourth-order valence-electron chi connectivity index (χ4n) is 2.09. The first kappa shape index (κ1) is 9.60. The summed E-state index contributed by atoms with van der Waals surface area (Å²) in [5, 5.41) is 7.20. The fraction of sp³-hybridized carbons (Fsp3) is 0.308. The molecule has 82 valence electrons. The molecular formula is C13H15N3. The summed E-state index contributed by atoms with van der Waals surface area (Å²) < 4.78 is 0. The summed E-state index contributed by atoms with van der Waals surface area (Å²) in [5.74, 6) is 0. The van der Waals surface area contributed by atoms with Crippen molar-refractivity contribution in [1.82, 2.24) is 10.2 Å². The van der Waals surface area contributed by atoms with E-state index in [1.807, 2.05) is 6.20 Å². The molecule has 3 rings (SSSR count). The normalized spacial score (nSPS) is 17.4. The van der Waals surface area contributed by atoms with Crippen molar-refractivity contribution in [3.63, 3.8) is 0 Å². The van der Waals surface area contributed by atoms with Crippen LogP contribution in [0.3, 0.4) is 0 Å². The molecule has 1 aromatic heterocycles. The van der Waals surface area contributed by atoms with E-state index in [0.717, 1.165) is 24.1 Å². The number of rotatable bonds is 2. The lowest BCUT2D eigenvalue weighted by molar-refractivity contribution is 0.743. The second-order valence-corrected chi connectivity index (χ2v) is 4.68. The van der Waals surface area contributed by atoms with Crippen LogP contribution in [0.5, 0.6) is 0 Å². The minimum Gasteiger partial charge on any atom is -0.321 e. The molecule has 0 saturated heterocycles. The quantitative estimate of drug-likeness (QED) is 0.804. The van der Waals surface area contributed by atoms with E-state index >= 15 is 0 Å². The van der Waals surface area contributed by atoms with Gasteiger partial charge in [0.2, 0.25) is 0 Å². The number of nitrogens with zero attached hydrogens (tertiary/aromatic N) is 1. The van der Waals surface area contributed by atoms with Gasteiger partial charge in [0.1, 0.15) is 0 Å². The lowest BCUT2D eigenvalue weighted by Gasteiger charge is -2.09. The molecule has 1 aliphatic carbocycles. The van der Waals surface area contributed by atoms with Gasteiger partial charge in [-0.25, -0.2) is 0 Å². The number of aromatic amines is 1. The van der Waals surface area contributed by atoms with E-state index in [1.54, 1.807) is 0 Å². The molecular weight excluding hydrogens is 198 g/mol. The van der Waals surface area contributed by atoms with Crippen molar-refractivity contribution in [2.45, 2.75) is 25.3 Å². The van der Waals surface area contributed by atoms with E-state index in [1.165, 1.54) is 11.1 Å². The van der Waals surface area contributed by atoms with Crippen molar-refractivity contribution in [2.24, 2.45) is 5.73 Å². The van der Waals surface area contributed by atoms with Crippen molar-refractivity contribution in [1.29, 1.82) is 0 Å². The number of aryl methyl sites for hydroxylation is 1. The van der Waals surface area contributed by atoms with Gasteiger partial charge in [0.05, 0.1) is 11.9 Å². The number of nitrogens with two attached hydrogens (primary N) is 1. The van der Waals surface area contributed by atoms with Crippen molar-refractivity contribution in [2.75, 3.05) is 0 Å². The maximum Gasteiger partial charge on any atom is 0.0700 e. The number of hydrogen-bond donors (Lipinski definition) is 2. The molecule has 0 amide bonds. The number of hydrogen-bond acceptors (Lipinski definition) is 2. The number of benzene rings is 1. The van der Waals surface area contributed by atoms with Crippen LogP contribution in [-0.4, -0.2) is 10.2 Å². The zero-order valence-electron chi connectivity index (χ0n) is 9.33. The molecule has 0 radical (unpaired) electrons. The molecule has 3 heteroatoms. The fourth-order valence-corrected chi connectivity index (χ4v) is 2.09.